The van der Waals surface area contributed by atoms with Crippen molar-refractivity contribution in [2.24, 2.45) is 0 Å². The number of nitrogens with zero attached hydrogens (tertiary/aromatic N) is 1. The Balaban J connectivity index is 2.15. The minimum absolute atomic E-state index is 0.219. The van der Waals surface area contributed by atoms with Crippen LogP contribution in [-0.4, -0.2) is 16.7 Å². The van der Waals surface area contributed by atoms with Crippen LogP contribution in [0.2, 0.25) is 0 Å². The van der Waals surface area contributed by atoms with Gasteiger partial charge >= 0.3 is 0 Å². The Bertz CT molecular complexity index is 450. The van der Waals surface area contributed by atoms with Crippen LogP contribution in [0.5, 0.6) is 0 Å². The van der Waals surface area contributed by atoms with Crippen LogP contribution in [0.1, 0.15) is 11.4 Å². The summed E-state index contributed by atoms with van der Waals surface area (Å²) in [7, 11) is 0. The van der Waals surface area contributed by atoms with E-state index in [0.717, 1.165) is 34.8 Å². The molecule has 84 valence electrons. The molecule has 0 fully saturated rings. The van der Waals surface area contributed by atoms with Gasteiger partial charge in [0.1, 0.15) is 0 Å². The number of aromatic nitrogens is 1. The summed E-state index contributed by atoms with van der Waals surface area (Å²) in [6.45, 7) is 0.219. The van der Waals surface area contributed by atoms with Gasteiger partial charge in [0.05, 0.1) is 10.7 Å². The quantitative estimate of drug-likeness (QED) is 0.798. The number of rotatable bonds is 4. The summed E-state index contributed by atoms with van der Waals surface area (Å²) in [5, 5.41) is 11.9. The Kier molecular flexibility index (Phi) is 3.54. The Hall–Kier alpha value is -1.39. The van der Waals surface area contributed by atoms with E-state index in [2.05, 4.69) is 4.98 Å². The highest BCUT2D eigenvalue weighted by Crippen LogP contribution is 2.23. The van der Waals surface area contributed by atoms with Crippen molar-refractivity contribution in [2.75, 3.05) is 12.3 Å². The number of hydrogen-bond acceptors (Lipinski definition) is 4. The Labute approximate surface area is 98.6 Å². The van der Waals surface area contributed by atoms with Gasteiger partial charge in [0, 0.05) is 29.7 Å². The van der Waals surface area contributed by atoms with Gasteiger partial charge in [0.15, 0.2) is 0 Å². The maximum absolute atomic E-state index is 8.74. The van der Waals surface area contributed by atoms with Crippen LogP contribution in [0.3, 0.4) is 0 Å². The van der Waals surface area contributed by atoms with E-state index in [1.807, 2.05) is 29.6 Å². The van der Waals surface area contributed by atoms with E-state index in [1.54, 1.807) is 11.3 Å². The second-order valence-corrected chi connectivity index (χ2v) is 4.52. The minimum Gasteiger partial charge on any atom is -0.399 e. The lowest BCUT2D eigenvalue weighted by Gasteiger charge is -1.97. The van der Waals surface area contributed by atoms with Gasteiger partial charge in [-0.2, -0.15) is 0 Å². The summed E-state index contributed by atoms with van der Waals surface area (Å²) in [5.74, 6) is 0. The molecule has 4 heteroatoms. The topological polar surface area (TPSA) is 59.1 Å². The Morgan fingerprint density at radius 1 is 1.25 bits per heavy atom. The molecule has 0 spiro atoms. The molecular weight excluding hydrogens is 220 g/mol. The zero-order chi connectivity index (χ0) is 11.4. The number of nitrogen functional groups attached to an aromatic ring is 1. The molecule has 0 aliphatic rings. The van der Waals surface area contributed by atoms with Crippen LogP contribution in [0, 0.1) is 0 Å². The minimum atomic E-state index is 0.219. The molecule has 0 saturated heterocycles. The van der Waals surface area contributed by atoms with Gasteiger partial charge in [0.25, 0.3) is 0 Å². The van der Waals surface area contributed by atoms with Gasteiger partial charge in [-0.15, -0.1) is 11.3 Å². The van der Waals surface area contributed by atoms with Gasteiger partial charge in [-0.3, -0.25) is 0 Å². The number of anilines is 1. The molecular formula is C12H14N2OS. The first-order valence-corrected chi connectivity index (χ1v) is 6.09. The van der Waals surface area contributed by atoms with Gasteiger partial charge in [-0.05, 0) is 18.6 Å². The summed E-state index contributed by atoms with van der Waals surface area (Å²) >= 11 is 1.64. The number of thiazole rings is 1. The van der Waals surface area contributed by atoms with Gasteiger partial charge in [0.2, 0.25) is 0 Å². The average Bonchev–Trinajstić information content (AvgIpc) is 2.76. The normalized spacial score (nSPS) is 10.6. The molecule has 0 bridgehead atoms. The van der Waals surface area contributed by atoms with Crippen molar-refractivity contribution in [2.45, 2.75) is 12.8 Å². The SMILES string of the molecule is Nc1ccc(-c2csc(CCCO)n2)cc1. The maximum Gasteiger partial charge on any atom is 0.0933 e. The summed E-state index contributed by atoms with van der Waals surface area (Å²) in [4.78, 5) is 4.51. The molecule has 0 amide bonds. The molecule has 1 aromatic carbocycles. The second-order valence-electron chi connectivity index (χ2n) is 3.58. The van der Waals surface area contributed by atoms with Crippen LogP contribution in [0.15, 0.2) is 29.6 Å². The van der Waals surface area contributed by atoms with Crippen molar-refractivity contribution in [3.63, 3.8) is 0 Å². The number of hydrogen-bond donors (Lipinski definition) is 2. The van der Waals surface area contributed by atoms with Crippen LogP contribution in [-0.2, 0) is 6.42 Å². The highest BCUT2D eigenvalue weighted by Gasteiger charge is 2.03. The van der Waals surface area contributed by atoms with E-state index in [0.29, 0.717) is 0 Å². The van der Waals surface area contributed by atoms with Crippen LogP contribution < -0.4 is 5.73 Å². The zero-order valence-corrected chi connectivity index (χ0v) is 9.70. The average molecular weight is 234 g/mol. The number of nitrogens with two attached hydrogens (primary N) is 1. The van der Waals surface area contributed by atoms with Crippen LogP contribution >= 0.6 is 11.3 Å². The first-order valence-electron chi connectivity index (χ1n) is 5.21. The lowest BCUT2D eigenvalue weighted by atomic mass is 10.1. The molecule has 0 unspecified atom stereocenters. The lowest BCUT2D eigenvalue weighted by molar-refractivity contribution is 0.288. The summed E-state index contributed by atoms with van der Waals surface area (Å²) < 4.78 is 0. The van der Waals surface area contributed by atoms with Crippen LogP contribution in [0.25, 0.3) is 11.3 Å². The number of aryl methyl sites for hydroxylation is 1. The van der Waals surface area contributed by atoms with Gasteiger partial charge < -0.3 is 10.8 Å². The number of aliphatic hydroxyl groups is 1. The predicted octanol–water partition coefficient (Wildman–Crippen LogP) is 2.32. The van der Waals surface area contributed by atoms with E-state index in [1.165, 1.54) is 0 Å². The van der Waals surface area contributed by atoms with Gasteiger partial charge in [-0.25, -0.2) is 4.98 Å². The summed E-state index contributed by atoms with van der Waals surface area (Å²) in [6.07, 6.45) is 1.62. The summed E-state index contributed by atoms with van der Waals surface area (Å²) in [6, 6.07) is 7.70. The largest absolute Gasteiger partial charge is 0.399 e. The first-order chi connectivity index (χ1) is 7.79. The summed E-state index contributed by atoms with van der Waals surface area (Å²) in [5.41, 5.74) is 8.46. The van der Waals surface area contributed by atoms with Gasteiger partial charge in [-0.1, -0.05) is 12.1 Å². The van der Waals surface area contributed by atoms with Crippen molar-refractivity contribution in [3.05, 3.63) is 34.7 Å². The molecule has 0 saturated carbocycles. The number of benzene rings is 1. The predicted molar refractivity (Wildman–Crippen MR) is 67.4 cm³/mol. The molecule has 0 aliphatic heterocycles. The monoisotopic (exact) mass is 234 g/mol. The molecule has 0 aliphatic carbocycles. The van der Waals surface area contributed by atoms with E-state index < -0.39 is 0 Å². The fourth-order valence-corrected chi connectivity index (χ4v) is 2.29. The lowest BCUT2D eigenvalue weighted by Crippen LogP contribution is -1.88. The van der Waals surface area contributed by atoms with Crippen LogP contribution in [0.4, 0.5) is 5.69 Å². The third-order valence-corrected chi connectivity index (χ3v) is 3.22. The smallest absolute Gasteiger partial charge is 0.0933 e. The molecule has 3 nitrogen and oxygen atoms in total. The molecule has 1 aromatic heterocycles. The highest BCUT2D eigenvalue weighted by atomic mass is 32.1. The van der Waals surface area contributed by atoms with Crippen molar-refractivity contribution in [1.29, 1.82) is 0 Å². The standard InChI is InChI=1S/C12H14N2OS/c13-10-5-3-9(4-6-10)11-8-16-12(14-11)2-1-7-15/h3-6,8,15H,1-2,7,13H2. The van der Waals surface area contributed by atoms with E-state index in [-0.39, 0.29) is 6.61 Å². The van der Waals surface area contributed by atoms with Crippen molar-refractivity contribution in [1.82, 2.24) is 4.98 Å². The van der Waals surface area contributed by atoms with E-state index >= 15 is 0 Å². The molecule has 0 radical (unpaired) electrons. The maximum atomic E-state index is 8.74. The first kappa shape index (κ1) is 11.1. The molecule has 2 aromatic rings. The fourth-order valence-electron chi connectivity index (χ4n) is 1.44. The zero-order valence-electron chi connectivity index (χ0n) is 8.89. The van der Waals surface area contributed by atoms with Crippen molar-refractivity contribution < 1.29 is 5.11 Å². The molecule has 16 heavy (non-hydrogen) atoms. The third kappa shape index (κ3) is 2.59. The second kappa shape index (κ2) is 5.09. The van der Waals surface area contributed by atoms with E-state index in [4.69, 9.17) is 10.8 Å². The number of aliphatic hydroxyl groups excluding tert-OH is 1. The van der Waals surface area contributed by atoms with Crippen molar-refractivity contribution in [3.8, 4) is 11.3 Å². The van der Waals surface area contributed by atoms with Crippen molar-refractivity contribution >= 4 is 17.0 Å². The Morgan fingerprint density at radius 3 is 2.69 bits per heavy atom. The third-order valence-electron chi connectivity index (χ3n) is 2.31. The van der Waals surface area contributed by atoms with E-state index in [9.17, 15) is 0 Å². The molecule has 3 N–H and O–H groups in total. The fraction of sp³-hybridized carbons (Fsp3) is 0.250. The molecule has 0 atom stereocenters. The molecule has 2 rings (SSSR count). The molecule has 1 heterocycles. The highest BCUT2D eigenvalue weighted by molar-refractivity contribution is 7.09. The Morgan fingerprint density at radius 2 is 2.00 bits per heavy atom.